The molecule has 2 fully saturated rings. The van der Waals surface area contributed by atoms with Crippen molar-refractivity contribution < 1.29 is 27.8 Å². The van der Waals surface area contributed by atoms with Crippen LogP contribution in [0.3, 0.4) is 0 Å². The van der Waals surface area contributed by atoms with Gasteiger partial charge in [-0.3, -0.25) is 0 Å². The lowest BCUT2D eigenvalue weighted by Gasteiger charge is -2.53. The van der Waals surface area contributed by atoms with Crippen molar-refractivity contribution in [2.75, 3.05) is 37.8 Å². The largest absolute Gasteiger partial charge is 0.491 e. The van der Waals surface area contributed by atoms with Crippen LogP contribution in [-0.4, -0.2) is 59.8 Å². The Morgan fingerprint density at radius 2 is 1.85 bits per heavy atom. The molecule has 2 aliphatic heterocycles. The van der Waals surface area contributed by atoms with Gasteiger partial charge in [-0.2, -0.15) is 13.2 Å². The van der Waals surface area contributed by atoms with Crippen LogP contribution < -0.4 is 9.64 Å². The number of nitrogens with zero attached hydrogens (tertiary/aromatic N) is 3. The zero-order valence-corrected chi connectivity index (χ0v) is 23.9. The lowest BCUT2D eigenvalue weighted by molar-refractivity contribution is -0.137. The molecule has 40 heavy (non-hydrogen) atoms. The molecule has 218 valence electrons. The van der Waals surface area contributed by atoms with E-state index in [-0.39, 0.29) is 34.9 Å². The third kappa shape index (κ3) is 6.33. The molecular formula is C30H39F3N4O3. The van der Waals surface area contributed by atoms with Gasteiger partial charge in [0, 0.05) is 54.1 Å². The quantitative estimate of drug-likeness (QED) is 0.342. The van der Waals surface area contributed by atoms with Crippen molar-refractivity contribution >= 4 is 17.1 Å². The maximum Gasteiger partial charge on any atom is 0.417 e. The van der Waals surface area contributed by atoms with Gasteiger partial charge in [-0.05, 0) is 65.2 Å². The number of rotatable bonds is 9. The van der Waals surface area contributed by atoms with Crippen LogP contribution in [0.4, 0.5) is 19.0 Å². The van der Waals surface area contributed by atoms with Gasteiger partial charge in [0.05, 0.1) is 17.4 Å². The minimum Gasteiger partial charge on any atom is -0.491 e. The fraction of sp³-hybridized carbons (Fsp3) is 0.567. The molecular weight excluding hydrogens is 521 g/mol. The summed E-state index contributed by atoms with van der Waals surface area (Å²) >= 11 is 0. The molecule has 1 spiro atoms. The lowest BCUT2D eigenvalue weighted by atomic mass is 9.73. The highest BCUT2D eigenvalue weighted by Gasteiger charge is 2.45. The average Bonchev–Trinajstić information content (AvgIpc) is 2.87. The van der Waals surface area contributed by atoms with Gasteiger partial charge in [0.25, 0.3) is 0 Å². The van der Waals surface area contributed by atoms with Crippen LogP contribution in [0.25, 0.3) is 17.0 Å². The number of aliphatic hydroxyl groups is 1. The highest BCUT2D eigenvalue weighted by molar-refractivity contribution is 6.22. The number of halogens is 3. The van der Waals surface area contributed by atoms with Crippen molar-refractivity contribution in [1.82, 2.24) is 9.97 Å². The molecule has 4 rings (SSSR count). The Morgan fingerprint density at radius 1 is 1.18 bits per heavy atom. The summed E-state index contributed by atoms with van der Waals surface area (Å²) in [6.45, 7) is 12.1. The molecule has 0 radical (unpaired) electrons. The van der Waals surface area contributed by atoms with Crippen LogP contribution in [0.2, 0.25) is 0 Å². The first kappa shape index (κ1) is 30.0. The van der Waals surface area contributed by atoms with Gasteiger partial charge in [-0.1, -0.05) is 18.9 Å². The number of anilines is 1. The fourth-order valence-electron chi connectivity index (χ4n) is 5.65. The molecule has 0 aliphatic carbocycles. The van der Waals surface area contributed by atoms with Crippen LogP contribution in [0, 0.1) is 17.7 Å². The smallest absolute Gasteiger partial charge is 0.417 e. The van der Waals surface area contributed by atoms with Crippen LogP contribution >= 0.6 is 0 Å². The second kappa shape index (κ2) is 11.9. The number of alkyl halides is 3. The van der Waals surface area contributed by atoms with Gasteiger partial charge in [0.15, 0.2) is 5.82 Å². The standard InChI is InChI=1S/C30H39F3N4O3/c1-6-7-21(38)15-40-22-8-9-24(30(31,32)33)23(14-22)27-35-26(25(18(2)3)20(5)34)19(4)28(36-27)37-16-29(17-37)10-12-39-13-11-29/h8-9,14,21,34,38H,6-7,10-13,15-17H2,1-5H3/t21-/m1/s1. The van der Waals surface area contributed by atoms with Crippen LogP contribution in [-0.2, 0) is 10.9 Å². The van der Waals surface area contributed by atoms with Gasteiger partial charge in [-0.25, -0.2) is 9.97 Å². The van der Waals surface area contributed by atoms with E-state index in [0.717, 1.165) is 49.6 Å². The Labute approximate surface area is 233 Å². The van der Waals surface area contributed by atoms with Gasteiger partial charge < -0.3 is 24.9 Å². The fourth-order valence-corrected chi connectivity index (χ4v) is 5.65. The predicted molar refractivity (Wildman–Crippen MR) is 150 cm³/mol. The van der Waals surface area contributed by atoms with Gasteiger partial charge in [-0.15, -0.1) is 0 Å². The number of nitrogens with one attached hydrogen (secondary N) is 1. The number of benzene rings is 1. The molecule has 2 saturated heterocycles. The van der Waals surface area contributed by atoms with Crippen molar-refractivity contribution in [1.29, 1.82) is 5.41 Å². The molecule has 1 aromatic heterocycles. The minimum absolute atomic E-state index is 0.0294. The van der Waals surface area contributed by atoms with Crippen LogP contribution in [0.1, 0.15) is 70.2 Å². The number of aromatic nitrogens is 2. The zero-order valence-electron chi connectivity index (χ0n) is 23.9. The second-order valence-corrected chi connectivity index (χ2v) is 11.3. The minimum atomic E-state index is -4.65. The van der Waals surface area contributed by atoms with E-state index < -0.39 is 17.8 Å². The summed E-state index contributed by atoms with van der Waals surface area (Å²) in [7, 11) is 0. The second-order valence-electron chi connectivity index (χ2n) is 11.3. The maximum atomic E-state index is 14.2. The molecule has 1 atom stereocenters. The molecule has 0 saturated carbocycles. The zero-order chi connectivity index (χ0) is 29.2. The highest BCUT2D eigenvalue weighted by Crippen LogP contribution is 2.45. The van der Waals surface area contributed by atoms with Gasteiger partial charge in [0.1, 0.15) is 18.2 Å². The first-order valence-corrected chi connectivity index (χ1v) is 13.8. The number of allylic oxidation sites excluding steroid dienone is 2. The van der Waals surface area contributed by atoms with Crippen molar-refractivity contribution in [3.8, 4) is 17.1 Å². The summed E-state index contributed by atoms with van der Waals surface area (Å²) in [6.07, 6.45) is -2.20. The van der Waals surface area contributed by atoms with E-state index in [4.69, 9.17) is 19.9 Å². The molecule has 0 bridgehead atoms. The molecule has 1 aromatic carbocycles. The number of hydrogen-bond acceptors (Lipinski definition) is 7. The number of aliphatic hydroxyl groups excluding tert-OH is 1. The van der Waals surface area contributed by atoms with E-state index in [9.17, 15) is 18.3 Å². The summed E-state index contributed by atoms with van der Waals surface area (Å²) < 4.78 is 54.0. The molecule has 7 nitrogen and oxygen atoms in total. The lowest BCUT2D eigenvalue weighted by Crippen LogP contribution is -2.59. The monoisotopic (exact) mass is 560 g/mol. The van der Waals surface area contributed by atoms with Crippen LogP contribution in [0.5, 0.6) is 5.75 Å². The third-order valence-electron chi connectivity index (χ3n) is 7.74. The van der Waals surface area contributed by atoms with Gasteiger partial charge >= 0.3 is 6.18 Å². The topological polar surface area (TPSA) is 91.6 Å². The molecule has 0 amide bonds. The SMILES string of the molecule is CCC[C@@H](O)COc1ccc(C(F)(F)F)c(-c2nc(C(C(C)=N)=C(C)C)c(C)c(N3CC4(CCOCC4)C3)n2)c1. The Kier molecular flexibility index (Phi) is 8.89. The van der Waals surface area contributed by atoms with E-state index in [1.807, 2.05) is 27.7 Å². The maximum absolute atomic E-state index is 14.2. The van der Waals surface area contributed by atoms with E-state index in [2.05, 4.69) is 9.88 Å². The molecule has 2 aliphatic rings. The van der Waals surface area contributed by atoms with Crippen molar-refractivity contribution in [2.45, 2.75) is 72.6 Å². The molecule has 0 unspecified atom stereocenters. The van der Waals surface area contributed by atoms with Gasteiger partial charge in [0.2, 0.25) is 0 Å². The summed E-state index contributed by atoms with van der Waals surface area (Å²) in [4.78, 5) is 11.5. The predicted octanol–water partition coefficient (Wildman–Crippen LogP) is 6.46. The summed E-state index contributed by atoms with van der Waals surface area (Å²) in [5, 5.41) is 18.5. The van der Waals surface area contributed by atoms with Crippen molar-refractivity contribution in [2.24, 2.45) is 5.41 Å². The molecule has 2 N–H and O–H groups in total. The van der Waals surface area contributed by atoms with E-state index in [1.54, 1.807) is 6.92 Å². The van der Waals surface area contributed by atoms with Crippen molar-refractivity contribution in [3.63, 3.8) is 0 Å². The van der Waals surface area contributed by atoms with E-state index in [0.29, 0.717) is 36.7 Å². The first-order chi connectivity index (χ1) is 18.8. The first-order valence-electron chi connectivity index (χ1n) is 13.8. The number of hydrogen-bond donors (Lipinski definition) is 2. The summed E-state index contributed by atoms with van der Waals surface area (Å²) in [5.41, 5.74) is 1.95. The Balaban J connectivity index is 1.84. The van der Waals surface area contributed by atoms with Crippen molar-refractivity contribution in [3.05, 3.63) is 40.6 Å². The third-order valence-corrected chi connectivity index (χ3v) is 7.74. The van der Waals surface area contributed by atoms with Crippen LogP contribution in [0.15, 0.2) is 23.8 Å². The van der Waals surface area contributed by atoms with E-state index >= 15 is 0 Å². The Hall–Kier alpha value is -2.98. The number of ether oxygens (including phenoxy) is 2. The normalized spacial score (nSPS) is 17.4. The highest BCUT2D eigenvalue weighted by atomic mass is 19.4. The van der Waals surface area contributed by atoms with E-state index in [1.165, 1.54) is 12.1 Å². The average molecular weight is 561 g/mol. The molecule has 10 heteroatoms. The molecule has 2 aromatic rings. The summed E-state index contributed by atoms with van der Waals surface area (Å²) in [5.74, 6) is 0.701. The molecule has 3 heterocycles. The Morgan fingerprint density at radius 3 is 2.42 bits per heavy atom. The Bertz CT molecular complexity index is 1270. The summed E-state index contributed by atoms with van der Waals surface area (Å²) in [6, 6.07) is 3.54.